The Hall–Kier alpha value is -2.05. The zero-order chi connectivity index (χ0) is 18.9. The highest BCUT2D eigenvalue weighted by Crippen LogP contribution is 2.25. The quantitative estimate of drug-likeness (QED) is 0.622. The minimum absolute atomic E-state index is 0.0236. The van der Waals surface area contributed by atoms with Gasteiger partial charge in [0, 0.05) is 23.2 Å². The van der Waals surface area contributed by atoms with Crippen LogP contribution in [0.3, 0.4) is 0 Å². The summed E-state index contributed by atoms with van der Waals surface area (Å²) in [4.78, 5) is 29.0. The summed E-state index contributed by atoms with van der Waals surface area (Å²) >= 11 is 7.22. The highest BCUT2D eigenvalue weighted by molar-refractivity contribution is 8.00. The van der Waals surface area contributed by atoms with Crippen molar-refractivity contribution in [2.24, 2.45) is 0 Å². The summed E-state index contributed by atoms with van der Waals surface area (Å²) in [6.07, 6.45) is 3.90. The third-order valence-corrected chi connectivity index (χ3v) is 4.89. The molecular weight excluding hydrogens is 370 g/mol. The Morgan fingerprint density at radius 1 is 1.15 bits per heavy atom. The fourth-order valence-electron chi connectivity index (χ4n) is 2.11. The van der Waals surface area contributed by atoms with E-state index in [0.717, 1.165) is 23.4 Å². The van der Waals surface area contributed by atoms with Crippen LogP contribution >= 0.6 is 23.4 Å². The summed E-state index contributed by atoms with van der Waals surface area (Å²) < 4.78 is 0. The molecule has 2 aromatic rings. The van der Waals surface area contributed by atoms with Gasteiger partial charge in [0.15, 0.2) is 0 Å². The van der Waals surface area contributed by atoms with Gasteiger partial charge < -0.3 is 10.6 Å². The standard InChI is InChI=1S/C19H22ClN3O2S/c1-3-4-5-18(24)22-15-7-9-16(10-8-15)26-13(2)19(25)23-17-11-6-14(20)12-21-17/h6-13H,3-5H2,1-2H3,(H,22,24)(H,21,23,25). The van der Waals surface area contributed by atoms with Crippen LogP contribution in [0.25, 0.3) is 0 Å². The van der Waals surface area contributed by atoms with E-state index in [1.165, 1.54) is 18.0 Å². The Bertz CT molecular complexity index is 735. The molecule has 1 heterocycles. The number of pyridine rings is 1. The van der Waals surface area contributed by atoms with E-state index >= 15 is 0 Å². The van der Waals surface area contributed by atoms with Crippen molar-refractivity contribution in [3.8, 4) is 0 Å². The number of thioether (sulfide) groups is 1. The van der Waals surface area contributed by atoms with Crippen LogP contribution in [0.2, 0.25) is 5.02 Å². The van der Waals surface area contributed by atoms with E-state index in [2.05, 4.69) is 22.5 Å². The number of benzene rings is 1. The molecule has 0 aliphatic rings. The first-order chi connectivity index (χ1) is 12.5. The first-order valence-corrected chi connectivity index (χ1v) is 9.72. The number of hydrogen-bond acceptors (Lipinski definition) is 4. The molecule has 2 rings (SSSR count). The molecule has 138 valence electrons. The number of unbranched alkanes of at least 4 members (excludes halogenated alkanes) is 1. The van der Waals surface area contributed by atoms with Crippen LogP contribution in [0.1, 0.15) is 33.1 Å². The maximum atomic E-state index is 12.3. The van der Waals surface area contributed by atoms with Gasteiger partial charge in [-0.2, -0.15) is 0 Å². The number of rotatable bonds is 8. The smallest absolute Gasteiger partial charge is 0.238 e. The van der Waals surface area contributed by atoms with Gasteiger partial charge in [-0.1, -0.05) is 24.9 Å². The number of nitrogens with one attached hydrogen (secondary N) is 2. The van der Waals surface area contributed by atoms with E-state index < -0.39 is 0 Å². The molecule has 1 unspecified atom stereocenters. The molecule has 1 aromatic heterocycles. The highest BCUT2D eigenvalue weighted by atomic mass is 35.5. The van der Waals surface area contributed by atoms with Crippen molar-refractivity contribution in [1.82, 2.24) is 4.98 Å². The number of aromatic nitrogens is 1. The van der Waals surface area contributed by atoms with Crippen molar-refractivity contribution >= 4 is 46.7 Å². The summed E-state index contributed by atoms with van der Waals surface area (Å²) in [6.45, 7) is 3.88. The van der Waals surface area contributed by atoms with Gasteiger partial charge in [0.25, 0.3) is 0 Å². The van der Waals surface area contributed by atoms with Gasteiger partial charge in [0.1, 0.15) is 5.82 Å². The van der Waals surface area contributed by atoms with Crippen LogP contribution in [-0.4, -0.2) is 22.0 Å². The van der Waals surface area contributed by atoms with Crippen molar-refractivity contribution in [3.05, 3.63) is 47.6 Å². The van der Waals surface area contributed by atoms with Gasteiger partial charge in [-0.25, -0.2) is 4.98 Å². The maximum absolute atomic E-state index is 12.3. The fourth-order valence-corrected chi connectivity index (χ4v) is 3.09. The predicted molar refractivity (Wildman–Crippen MR) is 108 cm³/mol. The Morgan fingerprint density at radius 2 is 1.88 bits per heavy atom. The van der Waals surface area contributed by atoms with E-state index in [1.54, 1.807) is 12.1 Å². The largest absolute Gasteiger partial charge is 0.326 e. The molecule has 1 atom stereocenters. The first kappa shape index (κ1) is 20.3. The highest BCUT2D eigenvalue weighted by Gasteiger charge is 2.15. The van der Waals surface area contributed by atoms with Gasteiger partial charge in [-0.05, 0) is 49.7 Å². The van der Waals surface area contributed by atoms with E-state index in [9.17, 15) is 9.59 Å². The van der Waals surface area contributed by atoms with Crippen LogP contribution < -0.4 is 10.6 Å². The molecule has 0 saturated heterocycles. The normalized spacial score (nSPS) is 11.7. The number of hydrogen-bond donors (Lipinski definition) is 2. The molecule has 7 heteroatoms. The second-order valence-electron chi connectivity index (χ2n) is 5.79. The molecule has 0 radical (unpaired) electrons. The number of nitrogens with zero attached hydrogens (tertiary/aromatic N) is 1. The zero-order valence-corrected chi connectivity index (χ0v) is 16.4. The van der Waals surface area contributed by atoms with Crippen molar-refractivity contribution in [1.29, 1.82) is 0 Å². The number of carbonyl (C=O) groups is 2. The van der Waals surface area contributed by atoms with E-state index in [1.807, 2.05) is 31.2 Å². The van der Waals surface area contributed by atoms with Crippen molar-refractivity contribution in [2.45, 2.75) is 43.3 Å². The Kier molecular flexibility index (Phi) is 7.94. The van der Waals surface area contributed by atoms with E-state index in [4.69, 9.17) is 11.6 Å². The number of amides is 2. The molecule has 0 spiro atoms. The molecule has 26 heavy (non-hydrogen) atoms. The second-order valence-corrected chi connectivity index (χ2v) is 7.64. The first-order valence-electron chi connectivity index (χ1n) is 8.47. The lowest BCUT2D eigenvalue weighted by Gasteiger charge is -2.12. The molecule has 5 nitrogen and oxygen atoms in total. The molecule has 0 bridgehead atoms. The summed E-state index contributed by atoms with van der Waals surface area (Å²) in [6, 6.07) is 10.8. The summed E-state index contributed by atoms with van der Waals surface area (Å²) in [7, 11) is 0. The lowest BCUT2D eigenvalue weighted by molar-refractivity contribution is -0.116. The minimum atomic E-state index is -0.294. The molecule has 1 aromatic carbocycles. The summed E-state index contributed by atoms with van der Waals surface area (Å²) in [5.74, 6) is 0.356. The van der Waals surface area contributed by atoms with Gasteiger partial charge in [-0.3, -0.25) is 9.59 Å². The Labute approximate surface area is 162 Å². The van der Waals surface area contributed by atoms with Crippen molar-refractivity contribution in [2.75, 3.05) is 10.6 Å². The lowest BCUT2D eigenvalue weighted by atomic mass is 10.2. The molecule has 2 N–H and O–H groups in total. The van der Waals surface area contributed by atoms with Crippen LogP contribution in [0.5, 0.6) is 0 Å². The Balaban J connectivity index is 1.86. The second kappa shape index (κ2) is 10.2. The van der Waals surface area contributed by atoms with E-state index in [0.29, 0.717) is 17.3 Å². The zero-order valence-electron chi connectivity index (χ0n) is 14.8. The molecule has 0 aliphatic heterocycles. The minimum Gasteiger partial charge on any atom is -0.326 e. The van der Waals surface area contributed by atoms with Crippen LogP contribution in [-0.2, 0) is 9.59 Å². The average molecular weight is 392 g/mol. The van der Waals surface area contributed by atoms with Crippen molar-refractivity contribution < 1.29 is 9.59 Å². The van der Waals surface area contributed by atoms with Gasteiger partial charge >= 0.3 is 0 Å². The van der Waals surface area contributed by atoms with Gasteiger partial charge in [0.05, 0.1) is 10.3 Å². The number of halogens is 1. The van der Waals surface area contributed by atoms with Crippen molar-refractivity contribution in [3.63, 3.8) is 0 Å². The summed E-state index contributed by atoms with van der Waals surface area (Å²) in [5.41, 5.74) is 0.762. The topological polar surface area (TPSA) is 71.1 Å². The van der Waals surface area contributed by atoms with Gasteiger partial charge in [-0.15, -0.1) is 11.8 Å². The number of anilines is 2. The lowest BCUT2D eigenvalue weighted by Crippen LogP contribution is -2.22. The monoisotopic (exact) mass is 391 g/mol. The van der Waals surface area contributed by atoms with Gasteiger partial charge in [0.2, 0.25) is 11.8 Å². The SMILES string of the molecule is CCCCC(=O)Nc1ccc(SC(C)C(=O)Nc2ccc(Cl)cn2)cc1. The molecule has 0 aliphatic carbocycles. The molecular formula is C19H22ClN3O2S. The third-order valence-electron chi connectivity index (χ3n) is 3.56. The Morgan fingerprint density at radius 3 is 2.50 bits per heavy atom. The fraction of sp³-hybridized carbons (Fsp3) is 0.316. The maximum Gasteiger partial charge on any atom is 0.238 e. The van der Waals surface area contributed by atoms with Crippen LogP contribution in [0.4, 0.5) is 11.5 Å². The third kappa shape index (κ3) is 6.69. The van der Waals surface area contributed by atoms with Crippen LogP contribution in [0, 0.1) is 0 Å². The molecule has 2 amide bonds. The van der Waals surface area contributed by atoms with E-state index in [-0.39, 0.29) is 17.1 Å². The predicted octanol–water partition coefficient (Wildman–Crippen LogP) is 4.98. The summed E-state index contributed by atoms with van der Waals surface area (Å²) in [5, 5.41) is 5.86. The average Bonchev–Trinajstić information content (AvgIpc) is 2.63. The van der Waals surface area contributed by atoms with Crippen LogP contribution in [0.15, 0.2) is 47.5 Å². The molecule has 0 fully saturated rings. The molecule has 0 saturated carbocycles. The number of carbonyl (C=O) groups excluding carboxylic acids is 2.